The second-order valence-electron chi connectivity index (χ2n) is 5.02. The highest BCUT2D eigenvalue weighted by Crippen LogP contribution is 2.58. The van der Waals surface area contributed by atoms with Crippen LogP contribution >= 0.6 is 11.6 Å². The second-order valence-corrected chi connectivity index (χ2v) is 5.43. The van der Waals surface area contributed by atoms with Crippen molar-refractivity contribution < 1.29 is 9.53 Å². The van der Waals surface area contributed by atoms with E-state index in [1.807, 2.05) is 38.1 Å². The van der Waals surface area contributed by atoms with Crippen molar-refractivity contribution in [3.05, 3.63) is 46.0 Å². The van der Waals surface area contributed by atoms with Gasteiger partial charge in [0.15, 0.2) is 5.78 Å². The fourth-order valence-electron chi connectivity index (χ4n) is 3.11. The van der Waals surface area contributed by atoms with Crippen molar-refractivity contribution in [3.63, 3.8) is 0 Å². The van der Waals surface area contributed by atoms with E-state index in [1.165, 1.54) is 0 Å². The first-order valence-electron chi connectivity index (χ1n) is 5.62. The molecule has 2 unspecified atom stereocenters. The Bertz CT molecular complexity index is 576. The number of fused-ring (bicyclic) bond motifs is 5. The molecule has 0 amide bonds. The van der Waals surface area contributed by atoms with Crippen LogP contribution in [0.1, 0.15) is 31.9 Å². The third kappa shape index (κ3) is 1.17. The molecule has 0 spiro atoms. The van der Waals surface area contributed by atoms with Gasteiger partial charge >= 0.3 is 0 Å². The smallest absolute Gasteiger partial charge is 0.158 e. The molecule has 0 saturated heterocycles. The fourth-order valence-corrected chi connectivity index (χ4v) is 3.47. The summed E-state index contributed by atoms with van der Waals surface area (Å²) >= 11 is 6.25. The Morgan fingerprint density at radius 2 is 2.06 bits per heavy atom. The minimum atomic E-state index is -0.638. The Labute approximate surface area is 105 Å². The van der Waals surface area contributed by atoms with Gasteiger partial charge in [0.2, 0.25) is 0 Å². The summed E-state index contributed by atoms with van der Waals surface area (Å²) in [6.07, 6.45) is 1.91. The Balaban J connectivity index is 2.33. The van der Waals surface area contributed by atoms with Crippen molar-refractivity contribution >= 4 is 17.4 Å². The van der Waals surface area contributed by atoms with Crippen molar-refractivity contribution in [2.75, 3.05) is 0 Å². The van der Waals surface area contributed by atoms with E-state index < -0.39 is 11.2 Å². The van der Waals surface area contributed by atoms with Gasteiger partial charge in [-0.3, -0.25) is 4.79 Å². The summed E-state index contributed by atoms with van der Waals surface area (Å²) in [4.78, 5) is 11.7. The summed E-state index contributed by atoms with van der Waals surface area (Å²) in [6.45, 7) is 5.47. The number of Topliss-reactive ketones (excluding diaryl/α,β-unsaturated/α-hetero) is 1. The molecule has 1 aromatic rings. The van der Waals surface area contributed by atoms with E-state index in [9.17, 15) is 4.79 Å². The van der Waals surface area contributed by atoms with Gasteiger partial charge in [0.25, 0.3) is 0 Å². The number of halogens is 1. The lowest BCUT2D eigenvalue weighted by Crippen LogP contribution is -2.25. The molecule has 0 saturated carbocycles. The van der Waals surface area contributed by atoms with Crippen molar-refractivity contribution in [2.24, 2.45) is 0 Å². The SMILES string of the molecule is CC(=O)C1=CC2(C)OC1(C)c1cccc(Cl)c12. The third-order valence-electron chi connectivity index (χ3n) is 3.75. The van der Waals surface area contributed by atoms with Crippen molar-refractivity contribution in [3.8, 4) is 0 Å². The molecule has 1 aromatic carbocycles. The van der Waals surface area contributed by atoms with Gasteiger partial charge in [0.1, 0.15) is 11.2 Å². The molecule has 2 nitrogen and oxygen atoms in total. The lowest BCUT2D eigenvalue weighted by atomic mass is 9.77. The molecule has 3 rings (SSSR count). The van der Waals surface area contributed by atoms with Gasteiger partial charge in [-0.15, -0.1) is 0 Å². The minimum absolute atomic E-state index is 0.0573. The summed E-state index contributed by atoms with van der Waals surface area (Å²) in [5.74, 6) is 0.0573. The highest BCUT2D eigenvalue weighted by molar-refractivity contribution is 6.31. The van der Waals surface area contributed by atoms with Crippen molar-refractivity contribution in [1.29, 1.82) is 0 Å². The number of hydrogen-bond acceptors (Lipinski definition) is 2. The maximum absolute atomic E-state index is 11.7. The van der Waals surface area contributed by atoms with Gasteiger partial charge in [-0.2, -0.15) is 0 Å². The lowest BCUT2D eigenvalue weighted by molar-refractivity contribution is -0.117. The van der Waals surface area contributed by atoms with E-state index in [0.29, 0.717) is 5.02 Å². The topological polar surface area (TPSA) is 26.3 Å². The van der Waals surface area contributed by atoms with Gasteiger partial charge in [-0.1, -0.05) is 23.7 Å². The highest BCUT2D eigenvalue weighted by Gasteiger charge is 2.56. The third-order valence-corrected chi connectivity index (χ3v) is 4.07. The number of carbonyl (C=O) groups is 1. The zero-order valence-corrected chi connectivity index (χ0v) is 10.8. The molecule has 88 valence electrons. The highest BCUT2D eigenvalue weighted by atomic mass is 35.5. The van der Waals surface area contributed by atoms with Crippen LogP contribution in [-0.4, -0.2) is 5.78 Å². The number of rotatable bonds is 1. The Morgan fingerprint density at radius 3 is 2.71 bits per heavy atom. The van der Waals surface area contributed by atoms with Crippen LogP contribution in [-0.2, 0) is 20.7 Å². The van der Waals surface area contributed by atoms with E-state index in [4.69, 9.17) is 16.3 Å². The van der Waals surface area contributed by atoms with Crippen molar-refractivity contribution in [1.82, 2.24) is 0 Å². The maximum atomic E-state index is 11.7. The van der Waals surface area contributed by atoms with Gasteiger partial charge in [-0.05, 0) is 38.5 Å². The van der Waals surface area contributed by atoms with Gasteiger partial charge in [0, 0.05) is 16.2 Å². The number of hydrogen-bond donors (Lipinski definition) is 0. The Hall–Kier alpha value is -1.12. The molecule has 0 aliphatic carbocycles. The first-order valence-corrected chi connectivity index (χ1v) is 6.00. The van der Waals surface area contributed by atoms with Crippen LogP contribution in [0.5, 0.6) is 0 Å². The predicted molar refractivity (Wildman–Crippen MR) is 66.0 cm³/mol. The van der Waals surface area contributed by atoms with Crippen LogP contribution in [0.15, 0.2) is 29.8 Å². The number of ether oxygens (including phenoxy) is 1. The van der Waals surface area contributed by atoms with E-state index in [0.717, 1.165) is 16.7 Å². The number of ketones is 1. The van der Waals surface area contributed by atoms with Gasteiger partial charge < -0.3 is 4.74 Å². The molecule has 2 aliphatic heterocycles. The Morgan fingerprint density at radius 1 is 1.35 bits per heavy atom. The first kappa shape index (κ1) is 11.0. The summed E-state index contributed by atoms with van der Waals surface area (Å²) in [7, 11) is 0. The van der Waals surface area contributed by atoms with Crippen molar-refractivity contribution in [2.45, 2.75) is 32.0 Å². The number of benzene rings is 1. The summed E-state index contributed by atoms with van der Waals surface area (Å²) in [5.41, 5.74) is 1.54. The molecule has 0 N–H and O–H groups in total. The molecule has 2 aliphatic rings. The number of carbonyl (C=O) groups excluding carboxylic acids is 1. The Kier molecular flexibility index (Phi) is 1.94. The maximum Gasteiger partial charge on any atom is 0.158 e. The predicted octanol–water partition coefficient (Wildman–Crippen LogP) is 3.33. The van der Waals surface area contributed by atoms with Crippen LogP contribution in [0.4, 0.5) is 0 Å². The van der Waals surface area contributed by atoms with Crippen LogP contribution in [0.25, 0.3) is 0 Å². The molecule has 0 aromatic heterocycles. The molecule has 2 heterocycles. The van der Waals surface area contributed by atoms with Crippen LogP contribution < -0.4 is 0 Å². The zero-order valence-electron chi connectivity index (χ0n) is 10.0. The zero-order chi connectivity index (χ0) is 12.4. The van der Waals surface area contributed by atoms with E-state index in [2.05, 4.69) is 0 Å². The van der Waals surface area contributed by atoms with E-state index in [1.54, 1.807) is 6.92 Å². The molecule has 0 fully saturated rings. The monoisotopic (exact) mass is 248 g/mol. The van der Waals surface area contributed by atoms with Gasteiger partial charge in [0.05, 0.1) is 0 Å². The lowest BCUT2D eigenvalue weighted by Gasteiger charge is -2.24. The normalized spacial score (nSPS) is 33.5. The quantitative estimate of drug-likeness (QED) is 0.762. The molecular formula is C14H13ClO2. The molecule has 17 heavy (non-hydrogen) atoms. The van der Waals surface area contributed by atoms with Gasteiger partial charge in [-0.25, -0.2) is 0 Å². The average molecular weight is 249 g/mol. The molecule has 2 atom stereocenters. The second kappa shape index (κ2) is 3.01. The average Bonchev–Trinajstić information content (AvgIpc) is 2.63. The summed E-state index contributed by atoms with van der Waals surface area (Å²) < 4.78 is 6.07. The van der Waals surface area contributed by atoms with E-state index >= 15 is 0 Å². The first-order chi connectivity index (χ1) is 7.88. The fraction of sp³-hybridized carbons (Fsp3) is 0.357. The van der Waals surface area contributed by atoms with E-state index in [-0.39, 0.29) is 5.78 Å². The molecule has 0 radical (unpaired) electrons. The van der Waals surface area contributed by atoms with Crippen LogP contribution in [0.2, 0.25) is 5.02 Å². The largest absolute Gasteiger partial charge is 0.351 e. The molecule has 2 bridgehead atoms. The summed E-state index contributed by atoms with van der Waals surface area (Å²) in [5, 5.41) is 0.701. The van der Waals surface area contributed by atoms with Crippen LogP contribution in [0, 0.1) is 0 Å². The van der Waals surface area contributed by atoms with Crippen LogP contribution in [0.3, 0.4) is 0 Å². The standard InChI is InChI=1S/C14H13ClO2/c1-8(16)10-7-13(2)12-9(14(10,3)17-13)5-4-6-11(12)15/h4-7H,1-3H3. The molecular weight excluding hydrogens is 236 g/mol. The summed E-state index contributed by atoms with van der Waals surface area (Å²) in [6, 6.07) is 5.75. The molecule has 3 heteroatoms. The minimum Gasteiger partial charge on any atom is -0.351 e.